The van der Waals surface area contributed by atoms with E-state index in [1.807, 2.05) is 6.92 Å². The van der Waals surface area contributed by atoms with E-state index in [0.717, 1.165) is 0 Å². The highest BCUT2D eigenvalue weighted by Gasteiger charge is 2.35. The van der Waals surface area contributed by atoms with Crippen LogP contribution < -0.4 is 4.31 Å². The number of aliphatic hydroxyl groups excluding tert-OH is 1. The molecule has 1 aromatic heterocycles. The van der Waals surface area contributed by atoms with Gasteiger partial charge < -0.3 is 5.11 Å². The summed E-state index contributed by atoms with van der Waals surface area (Å²) in [5, 5.41) is 9.10. The summed E-state index contributed by atoms with van der Waals surface area (Å²) in [5.74, 6) is 5.95. The van der Waals surface area contributed by atoms with E-state index in [1.165, 1.54) is 15.6 Å². The molecular weight excluding hydrogens is 272 g/mol. The number of anilines is 1. The van der Waals surface area contributed by atoms with E-state index < -0.39 is 10.0 Å². The summed E-state index contributed by atoms with van der Waals surface area (Å²) in [6.45, 7) is 2.42. The van der Waals surface area contributed by atoms with Crippen LogP contribution in [0.4, 0.5) is 5.13 Å². The topological polar surface area (TPSA) is 70.5 Å². The molecule has 1 unspecified atom stereocenters. The van der Waals surface area contributed by atoms with Gasteiger partial charge in [0.2, 0.25) is 10.0 Å². The molecule has 1 aromatic rings. The molecule has 1 N–H and O–H groups in total. The maximum absolute atomic E-state index is 11.9. The van der Waals surface area contributed by atoms with Gasteiger partial charge in [-0.25, -0.2) is 17.7 Å². The van der Waals surface area contributed by atoms with Crippen molar-refractivity contribution in [2.24, 2.45) is 5.92 Å². The van der Waals surface area contributed by atoms with E-state index in [1.54, 1.807) is 6.20 Å². The molecule has 0 radical (unpaired) electrons. The first-order valence-corrected chi connectivity index (χ1v) is 8.01. The molecule has 1 atom stereocenters. The van der Waals surface area contributed by atoms with Crippen molar-refractivity contribution in [3.8, 4) is 11.8 Å². The number of aromatic nitrogens is 1. The lowest BCUT2D eigenvalue weighted by Crippen LogP contribution is -2.24. The minimum atomic E-state index is -3.21. The van der Waals surface area contributed by atoms with Crippen LogP contribution in [0.25, 0.3) is 0 Å². The van der Waals surface area contributed by atoms with Crippen LogP contribution in [0.5, 0.6) is 0 Å². The molecule has 5 nitrogen and oxygen atoms in total. The molecule has 0 spiro atoms. The Labute approximate surface area is 111 Å². The Kier molecular flexibility index (Phi) is 3.90. The highest BCUT2D eigenvalue weighted by atomic mass is 32.2. The first-order chi connectivity index (χ1) is 8.53. The van der Waals surface area contributed by atoms with Gasteiger partial charge in [-0.05, 0) is 5.92 Å². The lowest BCUT2D eigenvalue weighted by atomic mass is 10.2. The van der Waals surface area contributed by atoms with E-state index in [0.29, 0.717) is 23.0 Å². The van der Waals surface area contributed by atoms with E-state index in [9.17, 15) is 8.42 Å². The molecule has 0 aliphatic carbocycles. The van der Waals surface area contributed by atoms with Crippen molar-refractivity contribution < 1.29 is 13.5 Å². The fraction of sp³-hybridized carbons (Fsp3) is 0.545. The quantitative estimate of drug-likeness (QED) is 0.811. The van der Waals surface area contributed by atoms with Gasteiger partial charge in [0, 0.05) is 13.0 Å². The molecule has 0 amide bonds. The second-order valence-electron chi connectivity index (χ2n) is 4.20. The Bertz CT molecular complexity index is 583. The molecule has 2 heterocycles. The maximum atomic E-state index is 11.9. The molecule has 1 saturated heterocycles. The standard InChI is InChI=1S/C11H14N2O3S2/c1-9-7-13(18(15,16)8-9)11-12-6-10(17-11)4-2-3-5-14/h6,9,14H,3,5,7-8H2,1H3. The zero-order chi connectivity index (χ0) is 13.2. The van der Waals surface area contributed by atoms with Gasteiger partial charge in [-0.1, -0.05) is 30.1 Å². The fourth-order valence-electron chi connectivity index (χ4n) is 1.74. The number of sulfonamides is 1. The Morgan fingerprint density at radius 1 is 1.67 bits per heavy atom. The summed E-state index contributed by atoms with van der Waals surface area (Å²) < 4.78 is 25.1. The summed E-state index contributed by atoms with van der Waals surface area (Å²) in [5.41, 5.74) is 0. The van der Waals surface area contributed by atoms with Crippen LogP contribution >= 0.6 is 11.3 Å². The van der Waals surface area contributed by atoms with Gasteiger partial charge in [0.15, 0.2) is 5.13 Å². The van der Waals surface area contributed by atoms with Crippen LogP contribution in [0.3, 0.4) is 0 Å². The predicted octanol–water partition coefficient (Wildman–Crippen LogP) is 0.663. The molecule has 0 bridgehead atoms. The Morgan fingerprint density at radius 2 is 2.44 bits per heavy atom. The van der Waals surface area contributed by atoms with E-state index in [2.05, 4.69) is 16.8 Å². The SMILES string of the molecule is CC1CN(c2ncc(C#CCCO)s2)S(=O)(=O)C1. The van der Waals surface area contributed by atoms with Crippen LogP contribution in [0, 0.1) is 17.8 Å². The zero-order valence-corrected chi connectivity index (χ0v) is 11.6. The van der Waals surface area contributed by atoms with Crippen LogP contribution in [-0.4, -0.2) is 37.4 Å². The maximum Gasteiger partial charge on any atom is 0.237 e. The van der Waals surface area contributed by atoms with Crippen molar-refractivity contribution >= 4 is 26.5 Å². The molecule has 18 heavy (non-hydrogen) atoms. The lowest BCUT2D eigenvalue weighted by molar-refractivity contribution is 0.305. The lowest BCUT2D eigenvalue weighted by Gasteiger charge is -2.12. The van der Waals surface area contributed by atoms with Gasteiger partial charge in [-0.2, -0.15) is 0 Å². The number of rotatable bonds is 2. The number of hydrogen-bond donors (Lipinski definition) is 1. The predicted molar refractivity (Wildman–Crippen MR) is 71.0 cm³/mol. The highest BCUT2D eigenvalue weighted by molar-refractivity contribution is 7.93. The van der Waals surface area contributed by atoms with Crippen LogP contribution in [0.2, 0.25) is 0 Å². The van der Waals surface area contributed by atoms with Gasteiger partial charge in [0.05, 0.1) is 23.4 Å². The van der Waals surface area contributed by atoms with Crippen molar-refractivity contribution in [2.75, 3.05) is 23.2 Å². The number of thiazole rings is 1. The second-order valence-corrected chi connectivity index (χ2v) is 7.14. The van der Waals surface area contributed by atoms with E-state index >= 15 is 0 Å². The minimum absolute atomic E-state index is 0.0245. The summed E-state index contributed by atoms with van der Waals surface area (Å²) in [6.07, 6.45) is 1.98. The summed E-state index contributed by atoms with van der Waals surface area (Å²) in [4.78, 5) is 4.82. The molecule has 0 aromatic carbocycles. The van der Waals surface area contributed by atoms with Crippen LogP contribution in [0.1, 0.15) is 18.2 Å². The largest absolute Gasteiger partial charge is 0.395 e. The molecule has 98 valence electrons. The third-order valence-electron chi connectivity index (χ3n) is 2.46. The van der Waals surface area contributed by atoms with Crippen LogP contribution in [-0.2, 0) is 10.0 Å². The Hall–Kier alpha value is -1.10. The van der Waals surface area contributed by atoms with Crippen molar-refractivity contribution in [1.82, 2.24) is 4.98 Å². The average Bonchev–Trinajstić information content (AvgIpc) is 2.83. The van der Waals surface area contributed by atoms with Crippen molar-refractivity contribution in [2.45, 2.75) is 13.3 Å². The highest BCUT2D eigenvalue weighted by Crippen LogP contribution is 2.30. The van der Waals surface area contributed by atoms with Crippen molar-refractivity contribution in [1.29, 1.82) is 0 Å². The van der Waals surface area contributed by atoms with Gasteiger partial charge in [0.1, 0.15) is 0 Å². The van der Waals surface area contributed by atoms with Gasteiger partial charge in [-0.3, -0.25) is 0 Å². The van der Waals surface area contributed by atoms with Gasteiger partial charge in [0.25, 0.3) is 0 Å². The third-order valence-corrected chi connectivity index (χ3v) is 5.50. The number of aliphatic hydroxyl groups is 1. The smallest absolute Gasteiger partial charge is 0.237 e. The van der Waals surface area contributed by atoms with Gasteiger partial charge >= 0.3 is 0 Å². The first-order valence-electron chi connectivity index (χ1n) is 5.59. The van der Waals surface area contributed by atoms with E-state index in [-0.39, 0.29) is 18.3 Å². The third kappa shape index (κ3) is 2.83. The monoisotopic (exact) mass is 286 g/mol. The molecule has 0 saturated carbocycles. The molecule has 1 aliphatic rings. The minimum Gasteiger partial charge on any atom is -0.395 e. The molecular formula is C11H14N2O3S2. The summed E-state index contributed by atoms with van der Waals surface area (Å²) >= 11 is 1.27. The summed E-state index contributed by atoms with van der Waals surface area (Å²) in [7, 11) is -3.21. The van der Waals surface area contributed by atoms with Crippen LogP contribution in [0.15, 0.2) is 6.20 Å². The number of nitrogens with zero attached hydrogens (tertiary/aromatic N) is 2. The molecule has 1 aliphatic heterocycles. The first kappa shape index (κ1) is 13.3. The zero-order valence-electron chi connectivity index (χ0n) is 9.96. The fourth-order valence-corrected chi connectivity index (χ4v) is 4.67. The molecule has 7 heteroatoms. The average molecular weight is 286 g/mol. The molecule has 2 rings (SSSR count). The Balaban J connectivity index is 2.19. The normalized spacial score (nSPS) is 21.7. The van der Waals surface area contributed by atoms with Gasteiger partial charge in [-0.15, -0.1) is 0 Å². The van der Waals surface area contributed by atoms with Crippen molar-refractivity contribution in [3.63, 3.8) is 0 Å². The summed E-state index contributed by atoms with van der Waals surface area (Å²) in [6, 6.07) is 0. The second kappa shape index (κ2) is 5.26. The van der Waals surface area contributed by atoms with Crippen molar-refractivity contribution in [3.05, 3.63) is 11.1 Å². The Morgan fingerprint density at radius 3 is 3.06 bits per heavy atom. The number of hydrogen-bond acceptors (Lipinski definition) is 5. The molecule has 1 fully saturated rings. The van der Waals surface area contributed by atoms with E-state index in [4.69, 9.17) is 5.11 Å².